The molecule has 1 fully saturated rings. The number of carbonyl (C=O) groups is 4. The van der Waals surface area contributed by atoms with E-state index in [1.165, 1.54) is 6.20 Å². The predicted octanol–water partition coefficient (Wildman–Crippen LogP) is -0.0386. The number of rotatable bonds is 8. The fraction of sp³-hybridized carbons (Fsp3) is 0.333. The zero-order valence-corrected chi connectivity index (χ0v) is 16.1. The highest BCUT2D eigenvalue weighted by atomic mass is 16.2. The first kappa shape index (κ1) is 20.9. The number of nitrogens with one attached hydrogen (secondary N) is 3. The summed E-state index contributed by atoms with van der Waals surface area (Å²) in [6.07, 6.45) is 7.94. The molecule has 1 saturated heterocycles. The quantitative estimate of drug-likeness (QED) is 0.416. The zero-order valence-electron chi connectivity index (χ0n) is 16.1. The smallest absolute Gasteiger partial charge is 0.272 e. The molecule has 9 heteroatoms. The minimum atomic E-state index is -1.06. The number of nitrogens with zero attached hydrogens (tertiary/aromatic N) is 2. The topological polar surface area (TPSA) is 130 Å². The Morgan fingerprint density at radius 1 is 1.30 bits per heavy atom. The van der Waals surface area contributed by atoms with Crippen molar-refractivity contribution in [2.24, 2.45) is 5.92 Å². The molecule has 3 atom stereocenters. The largest absolute Gasteiger partial charge is 0.356 e. The molecule has 9 nitrogen and oxygen atoms in total. The van der Waals surface area contributed by atoms with E-state index in [0.717, 1.165) is 0 Å². The van der Waals surface area contributed by atoms with Crippen molar-refractivity contribution < 1.29 is 19.2 Å². The van der Waals surface area contributed by atoms with Crippen LogP contribution in [0.3, 0.4) is 0 Å². The van der Waals surface area contributed by atoms with Crippen LogP contribution in [0.2, 0.25) is 0 Å². The first-order valence-corrected chi connectivity index (χ1v) is 9.51. The van der Waals surface area contributed by atoms with Gasteiger partial charge in [0.2, 0.25) is 11.8 Å². The maximum absolute atomic E-state index is 12.6. The van der Waals surface area contributed by atoms with Crippen LogP contribution in [-0.4, -0.2) is 52.6 Å². The summed E-state index contributed by atoms with van der Waals surface area (Å²) in [4.78, 5) is 56.7. The van der Waals surface area contributed by atoms with Gasteiger partial charge in [0.05, 0.1) is 23.3 Å². The number of amides is 3. The molecule has 1 aliphatic rings. The number of carbonyl (C=O) groups excluding carboxylic acids is 4. The molecule has 0 aliphatic carbocycles. The molecule has 2 heterocycles. The van der Waals surface area contributed by atoms with Crippen LogP contribution in [0, 0.1) is 18.3 Å². The van der Waals surface area contributed by atoms with Gasteiger partial charge in [0.1, 0.15) is 18.0 Å². The van der Waals surface area contributed by atoms with Gasteiger partial charge in [-0.1, -0.05) is 12.1 Å². The molecule has 0 saturated carbocycles. The van der Waals surface area contributed by atoms with Crippen LogP contribution in [0.4, 0.5) is 0 Å². The summed E-state index contributed by atoms with van der Waals surface area (Å²) in [6, 6.07) is 5.15. The molecule has 0 unspecified atom stereocenters. The summed E-state index contributed by atoms with van der Waals surface area (Å²) in [5.41, 5.74) is 1.22. The summed E-state index contributed by atoms with van der Waals surface area (Å²) in [5, 5.41) is 7.78. The maximum atomic E-state index is 12.6. The molecular formula is C21H21N5O4. The van der Waals surface area contributed by atoms with E-state index in [-0.39, 0.29) is 30.4 Å². The van der Waals surface area contributed by atoms with Crippen molar-refractivity contribution in [3.63, 3.8) is 0 Å². The van der Waals surface area contributed by atoms with Crippen molar-refractivity contribution in [1.82, 2.24) is 25.9 Å². The first-order valence-electron chi connectivity index (χ1n) is 9.51. The van der Waals surface area contributed by atoms with Crippen molar-refractivity contribution in [2.75, 3.05) is 6.54 Å². The highest BCUT2D eigenvalue weighted by molar-refractivity contribution is 5.97. The molecule has 0 radical (unpaired) electrons. The van der Waals surface area contributed by atoms with Crippen LogP contribution in [0.5, 0.6) is 0 Å². The molecular weight excluding hydrogens is 386 g/mol. The third kappa shape index (κ3) is 4.97. The van der Waals surface area contributed by atoms with Gasteiger partial charge in [-0.3, -0.25) is 19.4 Å². The zero-order chi connectivity index (χ0) is 21.5. The average Bonchev–Trinajstić information content (AvgIpc) is 3.16. The SMILES string of the molecule is C#CC[C@H](NC(=O)c1cnc2ccccc2n1)C(=O)N[C@H](C=O)C[C@@H]1CCNC1=O. The van der Waals surface area contributed by atoms with E-state index in [9.17, 15) is 19.2 Å². The number of benzene rings is 1. The number of aromatic nitrogens is 2. The second-order valence-electron chi connectivity index (χ2n) is 6.94. The Kier molecular flexibility index (Phi) is 6.70. The second kappa shape index (κ2) is 9.60. The fourth-order valence-electron chi connectivity index (χ4n) is 3.23. The van der Waals surface area contributed by atoms with Crippen LogP contribution in [-0.2, 0) is 14.4 Å². The Hall–Kier alpha value is -3.80. The van der Waals surface area contributed by atoms with Crippen LogP contribution in [0.15, 0.2) is 30.5 Å². The standard InChI is InChI=1S/C21H21N5O4/c1-2-5-17(20(29)24-14(12-27)10-13-8-9-22-19(13)28)26-21(30)18-11-23-15-6-3-4-7-16(15)25-18/h1,3-4,6-7,11-14,17H,5,8-10H2,(H,22,28)(H,24,29)(H,26,30)/t13-,14-,17-/m0/s1. The lowest BCUT2D eigenvalue weighted by atomic mass is 9.99. The van der Waals surface area contributed by atoms with Gasteiger partial charge >= 0.3 is 0 Å². The number of fused-ring (bicyclic) bond motifs is 1. The summed E-state index contributed by atoms with van der Waals surface area (Å²) >= 11 is 0. The molecule has 1 aromatic heterocycles. The molecule has 3 rings (SSSR count). The Balaban J connectivity index is 1.66. The number of para-hydroxylation sites is 2. The summed E-state index contributed by atoms with van der Waals surface area (Å²) in [5.74, 6) is 0.649. The Bertz CT molecular complexity index is 1020. The number of aldehydes is 1. The van der Waals surface area contributed by atoms with Gasteiger partial charge in [0, 0.05) is 18.9 Å². The van der Waals surface area contributed by atoms with E-state index in [0.29, 0.717) is 30.3 Å². The van der Waals surface area contributed by atoms with Gasteiger partial charge in [-0.2, -0.15) is 0 Å². The summed E-state index contributed by atoms with van der Waals surface area (Å²) < 4.78 is 0. The van der Waals surface area contributed by atoms with E-state index in [4.69, 9.17) is 6.42 Å². The van der Waals surface area contributed by atoms with Crippen molar-refractivity contribution in [3.8, 4) is 12.3 Å². The monoisotopic (exact) mass is 407 g/mol. The highest BCUT2D eigenvalue weighted by Crippen LogP contribution is 2.15. The van der Waals surface area contributed by atoms with Gasteiger partial charge in [0.15, 0.2) is 0 Å². The second-order valence-corrected chi connectivity index (χ2v) is 6.94. The number of hydrogen-bond donors (Lipinski definition) is 3. The van der Waals surface area contributed by atoms with E-state index in [2.05, 4.69) is 31.8 Å². The normalized spacial score (nSPS) is 17.4. The third-order valence-corrected chi connectivity index (χ3v) is 4.82. The van der Waals surface area contributed by atoms with Crippen LogP contribution < -0.4 is 16.0 Å². The van der Waals surface area contributed by atoms with Gasteiger partial charge < -0.3 is 20.7 Å². The highest BCUT2D eigenvalue weighted by Gasteiger charge is 2.29. The van der Waals surface area contributed by atoms with E-state index >= 15 is 0 Å². The number of hydrogen-bond acceptors (Lipinski definition) is 6. The van der Waals surface area contributed by atoms with Crippen molar-refractivity contribution in [1.29, 1.82) is 0 Å². The van der Waals surface area contributed by atoms with Gasteiger partial charge in [-0.25, -0.2) is 4.98 Å². The lowest BCUT2D eigenvalue weighted by Gasteiger charge is -2.20. The Morgan fingerprint density at radius 2 is 2.07 bits per heavy atom. The Morgan fingerprint density at radius 3 is 2.73 bits per heavy atom. The summed E-state index contributed by atoms with van der Waals surface area (Å²) in [7, 11) is 0. The molecule has 1 aromatic carbocycles. The van der Waals surface area contributed by atoms with E-state index in [1.54, 1.807) is 18.2 Å². The first-order chi connectivity index (χ1) is 14.5. The van der Waals surface area contributed by atoms with Crippen molar-refractivity contribution in [2.45, 2.75) is 31.3 Å². The average molecular weight is 407 g/mol. The van der Waals surface area contributed by atoms with Crippen molar-refractivity contribution in [3.05, 3.63) is 36.2 Å². The minimum absolute atomic E-state index is 0.0399. The molecule has 0 spiro atoms. The fourth-order valence-corrected chi connectivity index (χ4v) is 3.23. The van der Waals surface area contributed by atoms with Crippen LogP contribution in [0.25, 0.3) is 11.0 Å². The molecule has 0 bridgehead atoms. The third-order valence-electron chi connectivity index (χ3n) is 4.82. The predicted molar refractivity (Wildman–Crippen MR) is 108 cm³/mol. The molecule has 30 heavy (non-hydrogen) atoms. The van der Waals surface area contributed by atoms with Crippen LogP contribution >= 0.6 is 0 Å². The molecule has 3 N–H and O–H groups in total. The lowest BCUT2D eigenvalue weighted by molar-refractivity contribution is -0.127. The van der Waals surface area contributed by atoms with E-state index in [1.807, 2.05) is 6.07 Å². The number of terminal acetylenes is 1. The summed E-state index contributed by atoms with van der Waals surface area (Å²) in [6.45, 7) is 0.547. The Labute approximate surface area is 173 Å². The molecule has 2 aromatic rings. The minimum Gasteiger partial charge on any atom is -0.356 e. The van der Waals surface area contributed by atoms with Crippen LogP contribution in [0.1, 0.15) is 29.8 Å². The molecule has 1 aliphatic heterocycles. The van der Waals surface area contributed by atoms with E-state index < -0.39 is 23.9 Å². The maximum Gasteiger partial charge on any atom is 0.272 e. The van der Waals surface area contributed by atoms with Gasteiger partial charge in [0.25, 0.3) is 5.91 Å². The van der Waals surface area contributed by atoms with Gasteiger partial charge in [-0.05, 0) is 25.0 Å². The van der Waals surface area contributed by atoms with Crippen molar-refractivity contribution >= 4 is 35.0 Å². The lowest BCUT2D eigenvalue weighted by Crippen LogP contribution is -2.50. The molecule has 154 valence electrons. The van der Waals surface area contributed by atoms with Gasteiger partial charge in [-0.15, -0.1) is 12.3 Å². The molecule has 3 amide bonds.